The number of nitrogens with two attached hydrogens (primary N) is 1. The van der Waals surface area contributed by atoms with Crippen molar-refractivity contribution in [2.75, 3.05) is 11.1 Å². The van der Waals surface area contributed by atoms with Crippen LogP contribution in [0.2, 0.25) is 0 Å². The highest BCUT2D eigenvalue weighted by atomic mass is 16.6. The maximum absolute atomic E-state index is 11.2. The van der Waals surface area contributed by atoms with Crippen LogP contribution in [0.15, 0.2) is 24.3 Å². The molecule has 0 aliphatic carbocycles. The van der Waals surface area contributed by atoms with Crippen molar-refractivity contribution in [2.45, 2.75) is 26.8 Å². The second kappa shape index (κ2) is 5.74. The minimum atomic E-state index is -0.501. The summed E-state index contributed by atoms with van der Waals surface area (Å²) in [6.07, 6.45) is 0. The van der Waals surface area contributed by atoms with E-state index in [9.17, 15) is 10.1 Å². The van der Waals surface area contributed by atoms with Gasteiger partial charge >= 0.3 is 5.69 Å². The summed E-state index contributed by atoms with van der Waals surface area (Å²) in [5.41, 5.74) is 7.83. The van der Waals surface area contributed by atoms with Crippen LogP contribution in [-0.4, -0.2) is 14.9 Å². The Kier molecular flexibility index (Phi) is 4.02. The molecule has 1 aromatic carbocycles. The molecule has 0 aliphatic rings. The maximum atomic E-state index is 11.2. The molecule has 0 spiro atoms. The highest BCUT2D eigenvalue weighted by molar-refractivity contribution is 5.61. The Morgan fingerprint density at radius 1 is 1.24 bits per heavy atom. The van der Waals surface area contributed by atoms with E-state index < -0.39 is 4.92 Å². The van der Waals surface area contributed by atoms with Crippen LogP contribution in [0.25, 0.3) is 0 Å². The van der Waals surface area contributed by atoms with Gasteiger partial charge in [0.15, 0.2) is 0 Å². The van der Waals surface area contributed by atoms with E-state index in [-0.39, 0.29) is 29.2 Å². The van der Waals surface area contributed by atoms with Gasteiger partial charge in [0.1, 0.15) is 5.69 Å². The SMILES string of the molecule is Cc1ccc(C(C)Nc2nc(N)nc(C)c2[N+](=O)[O-])cc1. The van der Waals surface area contributed by atoms with E-state index in [4.69, 9.17) is 5.73 Å². The van der Waals surface area contributed by atoms with Crippen molar-refractivity contribution in [1.29, 1.82) is 0 Å². The van der Waals surface area contributed by atoms with Crippen LogP contribution in [0.1, 0.15) is 29.8 Å². The number of benzene rings is 1. The fourth-order valence-electron chi connectivity index (χ4n) is 2.05. The molecule has 0 saturated heterocycles. The quantitative estimate of drug-likeness (QED) is 0.661. The van der Waals surface area contributed by atoms with Gasteiger partial charge in [-0.25, -0.2) is 4.98 Å². The van der Waals surface area contributed by atoms with Crippen LogP contribution in [0.3, 0.4) is 0 Å². The Morgan fingerprint density at radius 2 is 1.86 bits per heavy atom. The molecule has 0 bridgehead atoms. The molecule has 0 amide bonds. The smallest absolute Gasteiger partial charge is 0.332 e. The minimum Gasteiger partial charge on any atom is -0.368 e. The first-order chi connectivity index (χ1) is 9.88. The molecule has 0 aliphatic heterocycles. The van der Waals surface area contributed by atoms with Gasteiger partial charge in [-0.3, -0.25) is 10.1 Å². The molecule has 2 aromatic rings. The topological polar surface area (TPSA) is 107 Å². The summed E-state index contributed by atoms with van der Waals surface area (Å²) in [7, 11) is 0. The van der Waals surface area contributed by atoms with Crippen molar-refractivity contribution in [3.8, 4) is 0 Å². The Bertz CT molecular complexity index is 670. The molecule has 7 heteroatoms. The number of anilines is 2. The van der Waals surface area contributed by atoms with Crippen molar-refractivity contribution in [1.82, 2.24) is 9.97 Å². The van der Waals surface area contributed by atoms with Crippen molar-refractivity contribution in [2.24, 2.45) is 0 Å². The lowest BCUT2D eigenvalue weighted by Gasteiger charge is -2.15. The normalized spacial score (nSPS) is 12.0. The molecule has 1 aromatic heterocycles. The standard InChI is InChI=1S/C14H17N5O2/c1-8-4-6-11(7-5-8)9(2)16-13-12(19(20)21)10(3)17-14(15)18-13/h4-7,9H,1-3H3,(H3,15,16,17,18). The predicted octanol–water partition coefficient (Wildman–Crippen LogP) is 2.76. The molecule has 3 N–H and O–H groups in total. The lowest BCUT2D eigenvalue weighted by atomic mass is 10.1. The Labute approximate surface area is 122 Å². The Hall–Kier alpha value is -2.70. The number of hydrogen-bond donors (Lipinski definition) is 2. The van der Waals surface area contributed by atoms with Crippen LogP contribution in [0, 0.1) is 24.0 Å². The number of nitrogens with zero attached hydrogens (tertiary/aromatic N) is 3. The molecule has 7 nitrogen and oxygen atoms in total. The molecule has 21 heavy (non-hydrogen) atoms. The van der Waals surface area contributed by atoms with Gasteiger partial charge in [-0.05, 0) is 26.3 Å². The van der Waals surface area contributed by atoms with Gasteiger partial charge in [0.2, 0.25) is 11.8 Å². The van der Waals surface area contributed by atoms with Crippen LogP contribution < -0.4 is 11.1 Å². The van der Waals surface area contributed by atoms with Crippen molar-refractivity contribution >= 4 is 17.5 Å². The van der Waals surface area contributed by atoms with Crippen LogP contribution in [0.5, 0.6) is 0 Å². The number of aromatic nitrogens is 2. The first-order valence-corrected chi connectivity index (χ1v) is 6.50. The molecular weight excluding hydrogens is 270 g/mol. The second-order valence-electron chi connectivity index (χ2n) is 4.90. The van der Waals surface area contributed by atoms with Crippen LogP contribution in [-0.2, 0) is 0 Å². The van der Waals surface area contributed by atoms with Gasteiger partial charge < -0.3 is 11.1 Å². The third-order valence-corrected chi connectivity index (χ3v) is 3.19. The highest BCUT2D eigenvalue weighted by Crippen LogP contribution is 2.29. The van der Waals surface area contributed by atoms with E-state index in [0.717, 1.165) is 11.1 Å². The summed E-state index contributed by atoms with van der Waals surface area (Å²) in [5.74, 6) is 0.148. The van der Waals surface area contributed by atoms with Crippen molar-refractivity contribution in [3.63, 3.8) is 0 Å². The molecule has 0 radical (unpaired) electrons. The van der Waals surface area contributed by atoms with E-state index in [0.29, 0.717) is 0 Å². The number of nitrogens with one attached hydrogen (secondary N) is 1. The molecule has 110 valence electrons. The van der Waals surface area contributed by atoms with E-state index in [2.05, 4.69) is 15.3 Å². The van der Waals surface area contributed by atoms with Gasteiger partial charge in [0, 0.05) is 0 Å². The summed E-state index contributed by atoms with van der Waals surface area (Å²) in [4.78, 5) is 18.4. The van der Waals surface area contributed by atoms with E-state index in [1.54, 1.807) is 0 Å². The lowest BCUT2D eigenvalue weighted by molar-refractivity contribution is -0.385. The fraction of sp³-hybridized carbons (Fsp3) is 0.286. The maximum Gasteiger partial charge on any atom is 0.332 e. The Morgan fingerprint density at radius 3 is 2.43 bits per heavy atom. The van der Waals surface area contributed by atoms with Gasteiger partial charge in [-0.1, -0.05) is 29.8 Å². The molecule has 1 heterocycles. The molecule has 2 rings (SSSR count). The van der Waals surface area contributed by atoms with Gasteiger partial charge in [-0.15, -0.1) is 0 Å². The molecule has 1 atom stereocenters. The minimum absolute atomic E-state index is 0.0108. The zero-order valence-corrected chi connectivity index (χ0v) is 12.1. The number of hydrogen-bond acceptors (Lipinski definition) is 6. The van der Waals surface area contributed by atoms with Crippen molar-refractivity contribution < 1.29 is 4.92 Å². The van der Waals surface area contributed by atoms with Crippen LogP contribution >= 0.6 is 0 Å². The number of nitrogen functional groups attached to an aromatic ring is 1. The monoisotopic (exact) mass is 287 g/mol. The van der Waals surface area contributed by atoms with Crippen LogP contribution in [0.4, 0.5) is 17.5 Å². The first-order valence-electron chi connectivity index (χ1n) is 6.50. The van der Waals surface area contributed by atoms with Gasteiger partial charge in [0.25, 0.3) is 0 Å². The third-order valence-electron chi connectivity index (χ3n) is 3.19. The zero-order chi connectivity index (χ0) is 15.6. The average molecular weight is 287 g/mol. The summed E-state index contributed by atoms with van der Waals surface area (Å²) in [6, 6.07) is 7.77. The third kappa shape index (κ3) is 3.25. The summed E-state index contributed by atoms with van der Waals surface area (Å²) >= 11 is 0. The summed E-state index contributed by atoms with van der Waals surface area (Å²) in [6.45, 7) is 5.45. The molecule has 0 fully saturated rings. The van der Waals surface area contributed by atoms with E-state index in [1.807, 2.05) is 38.1 Å². The summed E-state index contributed by atoms with van der Waals surface area (Å²) in [5, 5.41) is 14.2. The Balaban J connectivity index is 2.34. The number of nitro groups is 1. The van der Waals surface area contributed by atoms with Crippen molar-refractivity contribution in [3.05, 3.63) is 51.2 Å². The average Bonchev–Trinajstić information content (AvgIpc) is 2.37. The summed E-state index contributed by atoms with van der Waals surface area (Å²) < 4.78 is 0. The van der Waals surface area contributed by atoms with Gasteiger partial charge in [-0.2, -0.15) is 4.98 Å². The largest absolute Gasteiger partial charge is 0.368 e. The molecule has 1 unspecified atom stereocenters. The lowest BCUT2D eigenvalue weighted by Crippen LogP contribution is -2.13. The highest BCUT2D eigenvalue weighted by Gasteiger charge is 2.22. The molecular formula is C14H17N5O2. The predicted molar refractivity (Wildman–Crippen MR) is 81.1 cm³/mol. The first kappa shape index (κ1) is 14.7. The van der Waals surface area contributed by atoms with Gasteiger partial charge in [0.05, 0.1) is 11.0 Å². The van der Waals surface area contributed by atoms with E-state index in [1.165, 1.54) is 6.92 Å². The fourth-order valence-corrected chi connectivity index (χ4v) is 2.05. The number of rotatable bonds is 4. The number of aryl methyl sites for hydroxylation is 2. The molecule has 0 saturated carbocycles. The van der Waals surface area contributed by atoms with E-state index >= 15 is 0 Å². The second-order valence-corrected chi connectivity index (χ2v) is 4.90. The zero-order valence-electron chi connectivity index (χ0n) is 12.1.